The second-order valence-corrected chi connectivity index (χ2v) is 3.17. The first kappa shape index (κ1) is 8.68. The summed E-state index contributed by atoms with van der Waals surface area (Å²) in [6.45, 7) is 0.0433. The zero-order chi connectivity index (χ0) is 8.27. The lowest BCUT2D eigenvalue weighted by Gasteiger charge is -2.03. The minimum absolute atomic E-state index is 0.0433. The minimum atomic E-state index is -1.04. The van der Waals surface area contributed by atoms with E-state index in [1.54, 1.807) is 24.3 Å². The largest absolute Gasteiger partial charge is 0.327 e. The summed E-state index contributed by atoms with van der Waals surface area (Å²) < 4.78 is 13.8. The molecule has 1 rings (SSSR count). The van der Waals surface area contributed by atoms with E-state index >= 15 is 0 Å². The molecule has 60 valence electrons. The van der Waals surface area contributed by atoms with Crippen LogP contribution in [0, 0.1) is 0 Å². The van der Waals surface area contributed by atoms with Crippen LogP contribution in [0.4, 0.5) is 4.39 Å². The van der Waals surface area contributed by atoms with Gasteiger partial charge in [-0.2, -0.15) is 0 Å². The Bertz CT molecular complexity index is 222. The van der Waals surface area contributed by atoms with Gasteiger partial charge in [-0.05, 0) is 17.7 Å². The van der Waals surface area contributed by atoms with Gasteiger partial charge in [0.1, 0.15) is 6.17 Å². The van der Waals surface area contributed by atoms with Gasteiger partial charge >= 0.3 is 0 Å². The minimum Gasteiger partial charge on any atom is -0.327 e. The molecule has 0 bridgehead atoms. The number of nitrogens with two attached hydrogens (primary N) is 1. The number of halogens is 2. The van der Waals surface area contributed by atoms with Crippen LogP contribution >= 0.6 is 15.9 Å². The zero-order valence-electron chi connectivity index (χ0n) is 5.93. The van der Waals surface area contributed by atoms with Gasteiger partial charge in [-0.15, -0.1) is 0 Å². The third kappa shape index (κ3) is 2.27. The van der Waals surface area contributed by atoms with Crippen molar-refractivity contribution in [2.45, 2.75) is 6.17 Å². The maximum Gasteiger partial charge on any atom is 0.137 e. The second kappa shape index (κ2) is 3.83. The van der Waals surface area contributed by atoms with E-state index in [1.807, 2.05) is 0 Å². The van der Waals surface area contributed by atoms with E-state index in [4.69, 9.17) is 5.73 Å². The van der Waals surface area contributed by atoms with E-state index in [1.165, 1.54) is 0 Å². The van der Waals surface area contributed by atoms with Crippen molar-refractivity contribution in [3.63, 3.8) is 0 Å². The normalized spacial score (nSPS) is 13.0. The van der Waals surface area contributed by atoms with E-state index in [-0.39, 0.29) is 6.54 Å². The fourth-order valence-corrected chi connectivity index (χ4v) is 1.07. The number of benzene rings is 1. The van der Waals surface area contributed by atoms with Gasteiger partial charge in [0, 0.05) is 11.0 Å². The Morgan fingerprint density at radius 3 is 2.36 bits per heavy atom. The molecule has 11 heavy (non-hydrogen) atoms. The molecule has 0 aromatic heterocycles. The highest BCUT2D eigenvalue weighted by molar-refractivity contribution is 9.10. The fraction of sp³-hybridized carbons (Fsp3) is 0.250. The molecular formula is C8H9BrFN. The first-order valence-corrected chi connectivity index (χ1v) is 4.13. The lowest BCUT2D eigenvalue weighted by Crippen LogP contribution is -2.07. The molecule has 0 heterocycles. The van der Waals surface area contributed by atoms with Crippen LogP contribution in [0.15, 0.2) is 28.7 Å². The molecule has 0 saturated carbocycles. The maximum atomic E-state index is 12.9. The van der Waals surface area contributed by atoms with Gasteiger partial charge < -0.3 is 5.73 Å². The summed E-state index contributed by atoms with van der Waals surface area (Å²) >= 11 is 3.26. The van der Waals surface area contributed by atoms with Crippen LogP contribution in [-0.4, -0.2) is 6.54 Å². The average molecular weight is 218 g/mol. The van der Waals surface area contributed by atoms with E-state index in [9.17, 15) is 4.39 Å². The number of hydrogen-bond donors (Lipinski definition) is 1. The van der Waals surface area contributed by atoms with Gasteiger partial charge in [0.25, 0.3) is 0 Å². The Morgan fingerprint density at radius 2 is 1.91 bits per heavy atom. The summed E-state index contributed by atoms with van der Waals surface area (Å²) in [6, 6.07) is 7.05. The molecule has 0 amide bonds. The molecule has 0 unspecified atom stereocenters. The third-order valence-corrected chi connectivity index (χ3v) is 1.97. The quantitative estimate of drug-likeness (QED) is 0.810. The average Bonchev–Trinajstić information content (AvgIpc) is 2.05. The van der Waals surface area contributed by atoms with E-state index in [2.05, 4.69) is 15.9 Å². The topological polar surface area (TPSA) is 26.0 Å². The smallest absolute Gasteiger partial charge is 0.137 e. The SMILES string of the molecule is NC[C@H](F)c1ccc(Br)cc1. The third-order valence-electron chi connectivity index (χ3n) is 1.44. The second-order valence-electron chi connectivity index (χ2n) is 2.25. The molecule has 0 saturated heterocycles. The lowest BCUT2D eigenvalue weighted by atomic mass is 10.1. The van der Waals surface area contributed by atoms with Crippen molar-refractivity contribution in [2.24, 2.45) is 5.73 Å². The van der Waals surface area contributed by atoms with Crippen molar-refractivity contribution < 1.29 is 4.39 Å². The van der Waals surface area contributed by atoms with Gasteiger partial charge in [-0.1, -0.05) is 28.1 Å². The predicted molar refractivity (Wildman–Crippen MR) is 47.0 cm³/mol. The van der Waals surface area contributed by atoms with Gasteiger partial charge in [0.2, 0.25) is 0 Å². The Hall–Kier alpha value is -0.410. The van der Waals surface area contributed by atoms with Crippen molar-refractivity contribution in [2.75, 3.05) is 6.54 Å². The van der Waals surface area contributed by atoms with Gasteiger partial charge in [-0.3, -0.25) is 0 Å². The van der Waals surface area contributed by atoms with Crippen LogP contribution in [-0.2, 0) is 0 Å². The number of alkyl halides is 1. The molecule has 1 atom stereocenters. The fourth-order valence-electron chi connectivity index (χ4n) is 0.808. The molecule has 3 heteroatoms. The molecule has 0 radical (unpaired) electrons. The summed E-state index contributed by atoms with van der Waals surface area (Å²) in [5.41, 5.74) is 5.79. The monoisotopic (exact) mass is 217 g/mol. The summed E-state index contributed by atoms with van der Waals surface area (Å²) in [5.74, 6) is 0. The summed E-state index contributed by atoms with van der Waals surface area (Å²) in [4.78, 5) is 0. The van der Waals surface area contributed by atoms with E-state index in [0.717, 1.165) is 4.47 Å². The highest BCUT2D eigenvalue weighted by Crippen LogP contribution is 2.18. The van der Waals surface area contributed by atoms with E-state index in [0.29, 0.717) is 5.56 Å². The Morgan fingerprint density at radius 1 is 1.36 bits per heavy atom. The summed E-state index contributed by atoms with van der Waals surface area (Å²) in [7, 11) is 0. The van der Waals surface area contributed by atoms with Gasteiger partial charge in [-0.25, -0.2) is 4.39 Å². The molecule has 0 fully saturated rings. The van der Waals surface area contributed by atoms with Gasteiger partial charge in [0.05, 0.1) is 0 Å². The van der Waals surface area contributed by atoms with Crippen LogP contribution < -0.4 is 5.73 Å². The predicted octanol–water partition coefficient (Wildman–Crippen LogP) is 2.42. The maximum absolute atomic E-state index is 12.9. The van der Waals surface area contributed by atoms with Crippen LogP contribution in [0.1, 0.15) is 11.7 Å². The highest BCUT2D eigenvalue weighted by Gasteiger charge is 2.05. The Balaban J connectivity index is 2.81. The molecule has 2 N–H and O–H groups in total. The van der Waals surface area contributed by atoms with Crippen molar-refractivity contribution in [1.29, 1.82) is 0 Å². The van der Waals surface area contributed by atoms with Crippen LogP contribution in [0.25, 0.3) is 0 Å². The van der Waals surface area contributed by atoms with Crippen molar-refractivity contribution in [3.05, 3.63) is 34.3 Å². The number of rotatable bonds is 2. The van der Waals surface area contributed by atoms with Crippen LogP contribution in [0.5, 0.6) is 0 Å². The highest BCUT2D eigenvalue weighted by atomic mass is 79.9. The molecule has 1 aromatic carbocycles. The molecule has 1 aromatic rings. The standard InChI is InChI=1S/C8H9BrFN/c9-7-3-1-6(2-4-7)8(10)5-11/h1-4,8H,5,11H2/t8-/m0/s1. The molecule has 0 aliphatic rings. The number of hydrogen-bond acceptors (Lipinski definition) is 1. The zero-order valence-corrected chi connectivity index (χ0v) is 7.51. The molecule has 0 aliphatic carbocycles. The Labute approximate surface area is 73.5 Å². The molecule has 0 aliphatic heterocycles. The van der Waals surface area contributed by atoms with Crippen molar-refractivity contribution in [3.8, 4) is 0 Å². The van der Waals surface area contributed by atoms with E-state index < -0.39 is 6.17 Å². The summed E-state index contributed by atoms with van der Waals surface area (Å²) in [6.07, 6.45) is -1.04. The van der Waals surface area contributed by atoms with Gasteiger partial charge in [0.15, 0.2) is 0 Å². The lowest BCUT2D eigenvalue weighted by molar-refractivity contribution is 0.353. The first-order chi connectivity index (χ1) is 5.24. The molecular weight excluding hydrogens is 209 g/mol. The first-order valence-electron chi connectivity index (χ1n) is 3.33. The molecule has 1 nitrogen and oxygen atoms in total. The molecule has 0 spiro atoms. The van der Waals surface area contributed by atoms with Crippen LogP contribution in [0.2, 0.25) is 0 Å². The van der Waals surface area contributed by atoms with Crippen molar-refractivity contribution >= 4 is 15.9 Å². The van der Waals surface area contributed by atoms with Crippen molar-refractivity contribution in [1.82, 2.24) is 0 Å². The summed E-state index contributed by atoms with van der Waals surface area (Å²) in [5, 5.41) is 0. The van der Waals surface area contributed by atoms with Crippen LogP contribution in [0.3, 0.4) is 0 Å². The Kier molecular flexibility index (Phi) is 3.02.